The highest BCUT2D eigenvalue weighted by atomic mass is 32.1. The first-order valence-corrected chi connectivity index (χ1v) is 7.48. The van der Waals surface area contributed by atoms with Crippen LogP contribution in [0.1, 0.15) is 22.3 Å². The van der Waals surface area contributed by atoms with Crippen molar-refractivity contribution in [2.24, 2.45) is 0 Å². The molecule has 0 aromatic heterocycles. The molecule has 0 saturated carbocycles. The predicted molar refractivity (Wildman–Crippen MR) is 98.0 cm³/mol. The summed E-state index contributed by atoms with van der Waals surface area (Å²) in [5, 5.41) is 0. The number of hydrogen-bond acceptors (Lipinski definition) is 1. The predicted octanol–water partition coefficient (Wildman–Crippen LogP) is 5.96. The fraction of sp³-hybridized carbons (Fsp3) is 0.263. The van der Waals surface area contributed by atoms with Crippen LogP contribution in [0.4, 0.5) is 0 Å². The van der Waals surface area contributed by atoms with E-state index in [-0.39, 0.29) is 0 Å². The third-order valence-electron chi connectivity index (χ3n) is 2.44. The van der Waals surface area contributed by atoms with Gasteiger partial charge in [0, 0.05) is 0 Å². The maximum absolute atomic E-state index is 3.53. The Labute approximate surface area is 131 Å². The molecule has 110 valence electrons. The highest BCUT2D eigenvalue weighted by molar-refractivity contribution is 7.79. The lowest BCUT2D eigenvalue weighted by Gasteiger charge is -1.90. The molecule has 2 rings (SSSR count). The fourth-order valence-electron chi connectivity index (χ4n) is 1.27. The Morgan fingerprint density at radius 3 is 0.700 bits per heavy atom. The highest BCUT2D eigenvalue weighted by Gasteiger charge is 1.80. The molecule has 0 aliphatic carbocycles. The van der Waals surface area contributed by atoms with Gasteiger partial charge < -0.3 is 0 Å². The Morgan fingerprint density at radius 1 is 0.500 bits per heavy atom. The molecule has 0 N–H and O–H groups in total. The van der Waals surface area contributed by atoms with Gasteiger partial charge in [0.2, 0.25) is 0 Å². The van der Waals surface area contributed by atoms with E-state index in [1.54, 1.807) is 6.26 Å². The van der Waals surface area contributed by atoms with Gasteiger partial charge >= 0.3 is 0 Å². The Hall–Kier alpha value is -1.47. The van der Waals surface area contributed by atoms with E-state index in [0.29, 0.717) is 0 Å². The molecule has 0 spiro atoms. The van der Waals surface area contributed by atoms with Crippen LogP contribution in [0.5, 0.6) is 0 Å². The first kappa shape index (κ1) is 20.8. The van der Waals surface area contributed by atoms with E-state index in [4.69, 9.17) is 0 Å². The molecule has 0 atom stereocenters. The van der Waals surface area contributed by atoms with E-state index < -0.39 is 0 Å². The minimum atomic E-state index is 1.33. The van der Waals surface area contributed by atoms with E-state index in [0.717, 1.165) is 0 Å². The van der Waals surface area contributed by atoms with Crippen LogP contribution >= 0.6 is 12.6 Å². The van der Waals surface area contributed by atoms with Crippen LogP contribution in [-0.4, -0.2) is 6.26 Å². The van der Waals surface area contributed by atoms with Gasteiger partial charge in [-0.3, -0.25) is 0 Å². The van der Waals surface area contributed by atoms with Gasteiger partial charge in [-0.15, -0.1) is 13.2 Å². The average molecular weight is 288 g/mol. The highest BCUT2D eigenvalue weighted by Crippen LogP contribution is 2.00. The standard InChI is InChI=1S/2C8H10.C2H4.CH4S/c2*1-7-3-5-8(2)6-4-7;2*1-2/h2*3-6H,1-2H3;1-2H2;2H,1H3. The number of benzene rings is 2. The summed E-state index contributed by atoms with van der Waals surface area (Å²) in [5.41, 5.74) is 5.32. The van der Waals surface area contributed by atoms with Crippen molar-refractivity contribution in [2.45, 2.75) is 27.7 Å². The van der Waals surface area contributed by atoms with Gasteiger partial charge in [-0.25, -0.2) is 0 Å². The molecule has 0 unspecified atom stereocenters. The summed E-state index contributed by atoms with van der Waals surface area (Å²) in [6.45, 7) is 14.4. The van der Waals surface area contributed by atoms with Crippen LogP contribution < -0.4 is 0 Å². The molecule has 0 bridgehead atoms. The smallest absolute Gasteiger partial charge is 0.0215 e. The molecule has 0 saturated heterocycles. The van der Waals surface area contributed by atoms with E-state index in [1.165, 1.54) is 22.3 Å². The van der Waals surface area contributed by atoms with E-state index in [2.05, 4.69) is 102 Å². The van der Waals surface area contributed by atoms with Gasteiger partial charge in [-0.1, -0.05) is 70.8 Å². The summed E-state index contributed by atoms with van der Waals surface area (Å²) in [7, 11) is 0. The second-order valence-corrected chi connectivity index (χ2v) is 4.31. The molecule has 2 aromatic rings. The molecular weight excluding hydrogens is 260 g/mol. The average Bonchev–Trinajstić information content (AvgIpc) is 2.50. The van der Waals surface area contributed by atoms with Crippen molar-refractivity contribution in [3.8, 4) is 0 Å². The van der Waals surface area contributed by atoms with Crippen molar-refractivity contribution < 1.29 is 0 Å². The topological polar surface area (TPSA) is 0 Å². The Balaban J connectivity index is 0. The zero-order chi connectivity index (χ0) is 16.0. The lowest BCUT2D eigenvalue weighted by atomic mass is 10.2. The maximum Gasteiger partial charge on any atom is -0.0215 e. The second kappa shape index (κ2) is 14.0. The Kier molecular flexibility index (Phi) is 14.5. The molecule has 20 heavy (non-hydrogen) atoms. The third kappa shape index (κ3) is 11.6. The number of rotatable bonds is 0. The molecular formula is C19H28S. The normalized spacial score (nSPS) is 7.90. The van der Waals surface area contributed by atoms with Crippen LogP contribution in [-0.2, 0) is 0 Å². The molecule has 1 heteroatoms. The lowest BCUT2D eigenvalue weighted by molar-refractivity contribution is 1.40. The minimum absolute atomic E-state index is 1.33. The van der Waals surface area contributed by atoms with E-state index in [1.807, 2.05) is 0 Å². The third-order valence-corrected chi connectivity index (χ3v) is 2.44. The molecule has 0 heterocycles. The van der Waals surface area contributed by atoms with Crippen LogP contribution in [0, 0.1) is 27.7 Å². The molecule has 2 aromatic carbocycles. The number of hydrogen-bond donors (Lipinski definition) is 1. The Morgan fingerprint density at radius 2 is 0.600 bits per heavy atom. The van der Waals surface area contributed by atoms with Gasteiger partial charge in [-0.2, -0.15) is 12.6 Å². The van der Waals surface area contributed by atoms with Crippen molar-refractivity contribution >= 4 is 12.6 Å². The van der Waals surface area contributed by atoms with Crippen molar-refractivity contribution in [3.05, 3.63) is 83.9 Å². The number of aryl methyl sites for hydroxylation is 4. The largest absolute Gasteiger partial charge is 0.183 e. The summed E-state index contributed by atoms with van der Waals surface area (Å²) in [6, 6.07) is 17.0. The van der Waals surface area contributed by atoms with E-state index in [9.17, 15) is 0 Å². The van der Waals surface area contributed by atoms with Crippen LogP contribution in [0.15, 0.2) is 61.7 Å². The van der Waals surface area contributed by atoms with Gasteiger partial charge in [0.05, 0.1) is 0 Å². The van der Waals surface area contributed by atoms with Gasteiger partial charge in [0.25, 0.3) is 0 Å². The monoisotopic (exact) mass is 288 g/mol. The van der Waals surface area contributed by atoms with Crippen LogP contribution in [0.2, 0.25) is 0 Å². The molecule has 0 aliphatic rings. The Bertz CT molecular complexity index is 341. The number of thiol groups is 1. The summed E-state index contributed by atoms with van der Waals surface area (Å²) in [4.78, 5) is 0. The van der Waals surface area contributed by atoms with Crippen molar-refractivity contribution in [1.82, 2.24) is 0 Å². The van der Waals surface area contributed by atoms with E-state index >= 15 is 0 Å². The molecule has 0 radical (unpaired) electrons. The van der Waals surface area contributed by atoms with Gasteiger partial charge in [0.15, 0.2) is 0 Å². The van der Waals surface area contributed by atoms with Crippen molar-refractivity contribution in [1.29, 1.82) is 0 Å². The molecule has 0 aliphatic heterocycles. The molecule has 0 nitrogen and oxygen atoms in total. The lowest BCUT2D eigenvalue weighted by Crippen LogP contribution is -1.70. The second-order valence-electron chi connectivity index (χ2n) is 4.31. The first-order chi connectivity index (χ1) is 9.58. The van der Waals surface area contributed by atoms with Crippen LogP contribution in [0.25, 0.3) is 0 Å². The minimum Gasteiger partial charge on any atom is -0.183 e. The summed E-state index contributed by atoms with van der Waals surface area (Å²) < 4.78 is 0. The molecule has 0 fully saturated rings. The zero-order valence-corrected chi connectivity index (χ0v) is 14.4. The van der Waals surface area contributed by atoms with Crippen molar-refractivity contribution in [3.63, 3.8) is 0 Å². The van der Waals surface area contributed by atoms with Crippen molar-refractivity contribution in [2.75, 3.05) is 6.26 Å². The summed E-state index contributed by atoms with van der Waals surface area (Å²) in [5.74, 6) is 0. The maximum atomic E-state index is 3.53. The van der Waals surface area contributed by atoms with Crippen LogP contribution in [0.3, 0.4) is 0 Å². The van der Waals surface area contributed by atoms with Gasteiger partial charge in [0.1, 0.15) is 0 Å². The van der Waals surface area contributed by atoms with Gasteiger partial charge in [-0.05, 0) is 34.0 Å². The SMILES string of the molecule is C=C.CS.Cc1ccc(C)cc1.Cc1ccc(C)cc1. The summed E-state index contributed by atoms with van der Waals surface area (Å²) >= 11 is 3.53. The summed E-state index contributed by atoms with van der Waals surface area (Å²) in [6.07, 6.45) is 1.69. The molecule has 0 amide bonds. The zero-order valence-electron chi connectivity index (χ0n) is 13.5. The fourth-order valence-corrected chi connectivity index (χ4v) is 1.27. The quantitative estimate of drug-likeness (QED) is 0.449. The first-order valence-electron chi connectivity index (χ1n) is 6.59.